The summed E-state index contributed by atoms with van der Waals surface area (Å²) >= 11 is 0. The van der Waals surface area contributed by atoms with Gasteiger partial charge in [0.05, 0.1) is 8.07 Å². The Bertz CT molecular complexity index is 377. The van der Waals surface area contributed by atoms with Gasteiger partial charge in [-0.25, -0.2) is 0 Å². The van der Waals surface area contributed by atoms with Crippen LogP contribution in [-0.2, 0) is 26.2 Å². The van der Waals surface area contributed by atoms with Crippen molar-refractivity contribution < 1.29 is 26.2 Å². The van der Waals surface area contributed by atoms with Crippen LogP contribution in [0.25, 0.3) is 0 Å². The van der Waals surface area contributed by atoms with Crippen LogP contribution < -0.4 is 0 Å². The molecule has 26 heavy (non-hydrogen) atoms. The van der Waals surface area contributed by atoms with E-state index in [-0.39, 0.29) is 41.1 Å². The molecule has 0 saturated heterocycles. The topological polar surface area (TPSA) is 0 Å². The van der Waals surface area contributed by atoms with Gasteiger partial charge in [-0.1, -0.05) is 68.5 Å². The van der Waals surface area contributed by atoms with E-state index in [0.29, 0.717) is 10.8 Å². The van der Waals surface area contributed by atoms with Gasteiger partial charge in [0.2, 0.25) is 0 Å². The summed E-state index contributed by atoms with van der Waals surface area (Å²) < 4.78 is 0. The van der Waals surface area contributed by atoms with E-state index in [1.807, 2.05) is 0 Å². The third-order valence-electron chi connectivity index (χ3n) is 8.12. The van der Waals surface area contributed by atoms with Crippen LogP contribution in [0.2, 0.25) is 24.2 Å². The van der Waals surface area contributed by atoms with E-state index in [2.05, 4.69) is 68.5 Å². The first-order valence-electron chi connectivity index (χ1n) is 10.2. The molecule has 0 N–H and O–H groups in total. The van der Waals surface area contributed by atoms with Crippen molar-refractivity contribution in [3.8, 4) is 0 Å². The predicted octanol–water partition coefficient (Wildman–Crippen LogP) is 8.52. The van der Waals surface area contributed by atoms with Gasteiger partial charge in [0.15, 0.2) is 0 Å². The Labute approximate surface area is 188 Å². The fraction of sp³-hybridized carbons (Fsp3) is 0.917. The Morgan fingerprint density at radius 3 is 1.08 bits per heavy atom. The molecule has 0 aliphatic heterocycles. The zero-order valence-electron chi connectivity index (χ0n) is 20.3. The first-order chi connectivity index (χ1) is 10.2. The standard InChI is InChI=1S/C22H44Si.2CH3.Zr/c1-15-11-17(21(3,4)5)13-19(15)23(9,10)20-14-18(12-16(20)2)22(6,7)8;;;/h15-20H,11-14H2,1-10H3;2*1H3;/q;2*-1;+4. The Morgan fingerprint density at radius 1 is 0.615 bits per heavy atom. The van der Waals surface area contributed by atoms with Crippen LogP contribution in [0.4, 0.5) is 0 Å². The molecule has 2 rings (SSSR count). The van der Waals surface area contributed by atoms with Crippen LogP contribution >= 0.6 is 0 Å². The van der Waals surface area contributed by atoms with Crippen LogP contribution in [0.3, 0.4) is 0 Å². The van der Waals surface area contributed by atoms with Crippen LogP contribution in [-0.4, -0.2) is 8.07 Å². The van der Waals surface area contributed by atoms with Crippen LogP contribution in [0.1, 0.15) is 81.1 Å². The zero-order valence-corrected chi connectivity index (χ0v) is 23.8. The summed E-state index contributed by atoms with van der Waals surface area (Å²) in [4.78, 5) is 0. The maximum Gasteiger partial charge on any atom is 4.00 e. The Kier molecular flexibility index (Phi) is 11.0. The van der Waals surface area contributed by atoms with E-state index < -0.39 is 8.07 Å². The molecule has 0 aromatic rings. The second kappa shape index (κ2) is 9.73. The van der Waals surface area contributed by atoms with E-state index in [0.717, 1.165) is 34.8 Å². The number of hydrogen-bond acceptors (Lipinski definition) is 0. The summed E-state index contributed by atoms with van der Waals surface area (Å²) in [5, 5.41) is 0. The summed E-state index contributed by atoms with van der Waals surface area (Å²) in [5.41, 5.74) is 3.11. The maximum atomic E-state index is 2.76. The van der Waals surface area contributed by atoms with Gasteiger partial charge in [-0.05, 0) is 71.3 Å². The first-order valence-corrected chi connectivity index (χ1v) is 13.4. The molecule has 6 atom stereocenters. The smallest absolute Gasteiger partial charge is 0.358 e. The zero-order chi connectivity index (χ0) is 17.8. The van der Waals surface area contributed by atoms with Gasteiger partial charge in [-0.15, -0.1) is 0 Å². The molecule has 2 fully saturated rings. The van der Waals surface area contributed by atoms with Gasteiger partial charge in [0.1, 0.15) is 0 Å². The summed E-state index contributed by atoms with van der Waals surface area (Å²) in [6.07, 6.45) is 6.00. The fourth-order valence-corrected chi connectivity index (χ4v) is 11.8. The normalized spacial score (nSPS) is 35.3. The Balaban J connectivity index is 0. The molecule has 2 saturated carbocycles. The minimum Gasteiger partial charge on any atom is -0.358 e. The Morgan fingerprint density at radius 2 is 0.885 bits per heavy atom. The molecule has 0 bridgehead atoms. The molecule has 0 amide bonds. The fourth-order valence-electron chi connectivity index (χ4n) is 6.26. The van der Waals surface area contributed by atoms with Crippen molar-refractivity contribution in [3.05, 3.63) is 14.9 Å². The van der Waals surface area contributed by atoms with Crippen LogP contribution in [0.15, 0.2) is 0 Å². The first kappa shape index (κ1) is 29.3. The van der Waals surface area contributed by atoms with E-state index in [1.54, 1.807) is 0 Å². The summed E-state index contributed by atoms with van der Waals surface area (Å²) in [7, 11) is -1.20. The molecule has 0 radical (unpaired) electrons. The number of rotatable bonds is 2. The molecule has 0 aromatic heterocycles. The summed E-state index contributed by atoms with van der Waals surface area (Å²) in [5.74, 6) is 3.82. The molecule has 152 valence electrons. The average molecular weight is 458 g/mol. The second-order valence-corrected chi connectivity index (χ2v) is 17.2. The third-order valence-corrected chi connectivity index (χ3v) is 13.6. The molecular formula is C24H50SiZr+2. The number of hydrogen-bond donors (Lipinski definition) is 0. The summed E-state index contributed by atoms with van der Waals surface area (Å²) in [6, 6.07) is 0. The molecule has 0 heterocycles. The van der Waals surface area contributed by atoms with Gasteiger partial charge < -0.3 is 14.9 Å². The van der Waals surface area contributed by atoms with Crippen molar-refractivity contribution in [2.45, 2.75) is 105 Å². The van der Waals surface area contributed by atoms with E-state index in [4.69, 9.17) is 0 Å². The van der Waals surface area contributed by atoms with Crippen LogP contribution in [0.5, 0.6) is 0 Å². The Hall–Kier alpha value is 1.10. The maximum absolute atomic E-state index is 2.76. The van der Waals surface area contributed by atoms with Crippen molar-refractivity contribution in [1.82, 2.24) is 0 Å². The van der Waals surface area contributed by atoms with Crippen molar-refractivity contribution in [2.75, 3.05) is 0 Å². The molecular weight excluding hydrogens is 408 g/mol. The van der Waals surface area contributed by atoms with Crippen molar-refractivity contribution in [1.29, 1.82) is 0 Å². The monoisotopic (exact) mass is 456 g/mol. The van der Waals surface area contributed by atoms with Gasteiger partial charge in [-0.2, -0.15) is 0 Å². The summed E-state index contributed by atoms with van der Waals surface area (Å²) in [6.45, 7) is 25.5. The predicted molar refractivity (Wildman–Crippen MR) is 120 cm³/mol. The van der Waals surface area contributed by atoms with Gasteiger partial charge in [-0.3, -0.25) is 0 Å². The molecule has 0 spiro atoms. The largest absolute Gasteiger partial charge is 4.00 e. The van der Waals surface area contributed by atoms with Crippen molar-refractivity contribution in [3.63, 3.8) is 0 Å². The van der Waals surface area contributed by atoms with E-state index in [1.165, 1.54) is 25.7 Å². The average Bonchev–Trinajstić information content (AvgIpc) is 2.91. The molecule has 6 unspecified atom stereocenters. The molecule has 2 aliphatic rings. The second-order valence-electron chi connectivity index (χ2n) is 12.1. The quantitative estimate of drug-likeness (QED) is 0.288. The van der Waals surface area contributed by atoms with Crippen molar-refractivity contribution >= 4 is 8.07 Å². The van der Waals surface area contributed by atoms with Crippen molar-refractivity contribution in [2.24, 2.45) is 34.5 Å². The molecule has 0 aromatic carbocycles. The third kappa shape index (κ3) is 6.05. The van der Waals surface area contributed by atoms with Gasteiger partial charge >= 0.3 is 26.2 Å². The molecule has 2 heteroatoms. The minimum absolute atomic E-state index is 0. The van der Waals surface area contributed by atoms with Gasteiger partial charge in [0, 0.05) is 0 Å². The van der Waals surface area contributed by atoms with Gasteiger partial charge in [0.25, 0.3) is 0 Å². The van der Waals surface area contributed by atoms with E-state index >= 15 is 0 Å². The van der Waals surface area contributed by atoms with Crippen LogP contribution in [0, 0.1) is 49.4 Å². The SMILES string of the molecule is CC1CC(C(C)(C)C)CC1[Si](C)(C)C1CC(C(C)(C)C)CC1C.[CH3-].[CH3-].[Zr+4]. The molecule has 2 aliphatic carbocycles. The minimum atomic E-state index is -1.20. The van der Waals surface area contributed by atoms with E-state index in [9.17, 15) is 0 Å². The molecule has 0 nitrogen and oxygen atoms in total.